The smallest absolute Gasteiger partial charge is 0.160 e. The van der Waals surface area contributed by atoms with Crippen molar-refractivity contribution in [1.82, 2.24) is 19.3 Å². The third kappa shape index (κ3) is 2.22. The van der Waals surface area contributed by atoms with Crippen molar-refractivity contribution in [2.75, 3.05) is 5.88 Å². The maximum Gasteiger partial charge on any atom is 0.160 e. The largest absolute Gasteiger partial charge is 0.279 e. The molecule has 0 saturated carbocycles. The minimum absolute atomic E-state index is 0.518. The summed E-state index contributed by atoms with van der Waals surface area (Å²) in [7, 11) is 1.89. The fourth-order valence-corrected chi connectivity index (χ4v) is 2.47. The molecule has 98 valence electrons. The van der Waals surface area contributed by atoms with Crippen LogP contribution in [0, 0.1) is 0 Å². The van der Waals surface area contributed by atoms with Crippen molar-refractivity contribution >= 4 is 34.2 Å². The number of halogens is 2. The van der Waals surface area contributed by atoms with Crippen LogP contribution in [-0.2, 0) is 13.5 Å². The normalized spacial score (nSPS) is 11.3. The molecule has 0 bridgehead atoms. The molecule has 0 unspecified atom stereocenters. The van der Waals surface area contributed by atoms with Crippen molar-refractivity contribution in [3.8, 4) is 5.82 Å². The first-order chi connectivity index (χ1) is 9.19. The topological polar surface area (TPSA) is 35.6 Å². The highest BCUT2D eigenvalue weighted by molar-refractivity contribution is 6.31. The highest BCUT2D eigenvalue weighted by Gasteiger charge is 2.13. The van der Waals surface area contributed by atoms with Crippen molar-refractivity contribution in [3.63, 3.8) is 0 Å². The lowest BCUT2D eigenvalue weighted by atomic mass is 10.3. The van der Waals surface area contributed by atoms with Gasteiger partial charge in [-0.15, -0.1) is 11.6 Å². The van der Waals surface area contributed by atoms with Crippen molar-refractivity contribution in [2.24, 2.45) is 7.05 Å². The number of hydrogen-bond acceptors (Lipinski definition) is 2. The fourth-order valence-electron chi connectivity index (χ4n) is 2.13. The second-order valence-electron chi connectivity index (χ2n) is 4.28. The molecule has 0 saturated heterocycles. The fraction of sp³-hybridized carbons (Fsp3) is 0.231. The Balaban J connectivity index is 2.27. The van der Waals surface area contributed by atoms with Crippen LogP contribution in [0.4, 0.5) is 0 Å². The summed E-state index contributed by atoms with van der Waals surface area (Å²) in [5.74, 6) is 2.25. The monoisotopic (exact) mass is 294 g/mol. The van der Waals surface area contributed by atoms with Gasteiger partial charge in [-0.3, -0.25) is 9.25 Å². The maximum absolute atomic E-state index is 6.01. The molecule has 0 N–H and O–H groups in total. The van der Waals surface area contributed by atoms with E-state index in [1.807, 2.05) is 42.1 Å². The van der Waals surface area contributed by atoms with Crippen molar-refractivity contribution in [1.29, 1.82) is 0 Å². The predicted molar refractivity (Wildman–Crippen MR) is 77.3 cm³/mol. The summed E-state index contributed by atoms with van der Waals surface area (Å²) in [5.41, 5.74) is 1.85. The van der Waals surface area contributed by atoms with E-state index in [4.69, 9.17) is 23.2 Å². The van der Waals surface area contributed by atoms with Gasteiger partial charge in [0.25, 0.3) is 0 Å². The first kappa shape index (κ1) is 12.5. The van der Waals surface area contributed by atoms with E-state index in [0.29, 0.717) is 17.3 Å². The molecule has 2 heterocycles. The van der Waals surface area contributed by atoms with Crippen LogP contribution in [0.15, 0.2) is 30.5 Å². The third-order valence-corrected chi connectivity index (χ3v) is 3.36. The Kier molecular flexibility index (Phi) is 3.21. The molecule has 3 aromatic rings. The van der Waals surface area contributed by atoms with Crippen LogP contribution in [-0.4, -0.2) is 25.2 Å². The standard InChI is InChI=1S/C13H12Cl2N4/c1-18-7-5-13(17-18)19-11-3-2-9(15)8-10(11)16-12(19)4-6-14/h2-3,5,7-8H,4,6H2,1H3. The number of imidazole rings is 1. The maximum atomic E-state index is 6.01. The SMILES string of the molecule is Cn1ccc(-n2c(CCCl)nc3cc(Cl)ccc32)n1. The number of aromatic nitrogens is 4. The lowest BCUT2D eigenvalue weighted by Crippen LogP contribution is -2.03. The average molecular weight is 295 g/mol. The molecule has 0 aliphatic carbocycles. The molecule has 0 radical (unpaired) electrons. The van der Waals surface area contributed by atoms with Crippen LogP contribution >= 0.6 is 23.2 Å². The quantitative estimate of drug-likeness (QED) is 0.696. The molecule has 1 aromatic carbocycles. The number of aryl methyl sites for hydroxylation is 2. The molecule has 3 rings (SSSR count). The van der Waals surface area contributed by atoms with Gasteiger partial charge in [-0.2, -0.15) is 5.10 Å². The summed E-state index contributed by atoms with van der Waals surface area (Å²) in [6.45, 7) is 0. The van der Waals surface area contributed by atoms with Crippen LogP contribution in [0.2, 0.25) is 5.02 Å². The van der Waals surface area contributed by atoms with Gasteiger partial charge in [-0.25, -0.2) is 4.98 Å². The van der Waals surface area contributed by atoms with Gasteiger partial charge in [0.05, 0.1) is 11.0 Å². The van der Waals surface area contributed by atoms with Gasteiger partial charge in [0, 0.05) is 36.6 Å². The summed E-state index contributed by atoms with van der Waals surface area (Å²) < 4.78 is 3.79. The number of rotatable bonds is 3. The van der Waals surface area contributed by atoms with Gasteiger partial charge in [-0.05, 0) is 18.2 Å². The number of alkyl halides is 1. The lowest BCUT2D eigenvalue weighted by Gasteiger charge is -2.04. The van der Waals surface area contributed by atoms with E-state index >= 15 is 0 Å². The van der Waals surface area contributed by atoms with Gasteiger partial charge in [0.2, 0.25) is 0 Å². The minimum Gasteiger partial charge on any atom is -0.279 e. The molecule has 0 amide bonds. The van der Waals surface area contributed by atoms with E-state index < -0.39 is 0 Å². The van der Waals surface area contributed by atoms with E-state index in [-0.39, 0.29) is 0 Å². The average Bonchev–Trinajstić information content (AvgIpc) is 2.92. The third-order valence-electron chi connectivity index (χ3n) is 2.93. The zero-order valence-electron chi connectivity index (χ0n) is 10.3. The molecule has 2 aromatic heterocycles. The summed E-state index contributed by atoms with van der Waals surface area (Å²) in [4.78, 5) is 4.59. The molecule has 0 aliphatic rings. The summed E-state index contributed by atoms with van der Waals surface area (Å²) in [6.07, 6.45) is 2.59. The van der Waals surface area contributed by atoms with Crippen LogP contribution < -0.4 is 0 Å². The van der Waals surface area contributed by atoms with Gasteiger partial charge < -0.3 is 0 Å². The molecule has 0 aliphatic heterocycles. The Morgan fingerprint density at radius 2 is 2.11 bits per heavy atom. The Morgan fingerprint density at radius 1 is 1.26 bits per heavy atom. The van der Waals surface area contributed by atoms with Gasteiger partial charge in [0.1, 0.15) is 5.82 Å². The van der Waals surface area contributed by atoms with Crippen LogP contribution in [0.5, 0.6) is 0 Å². The Bertz CT molecular complexity index is 729. The van der Waals surface area contributed by atoms with E-state index in [1.54, 1.807) is 4.68 Å². The molecule has 6 heteroatoms. The molecular weight excluding hydrogens is 283 g/mol. The highest BCUT2D eigenvalue weighted by Crippen LogP contribution is 2.24. The van der Waals surface area contributed by atoms with Crippen molar-refractivity contribution < 1.29 is 0 Å². The number of nitrogens with zero attached hydrogens (tertiary/aromatic N) is 4. The van der Waals surface area contributed by atoms with Crippen LogP contribution in [0.1, 0.15) is 5.82 Å². The predicted octanol–water partition coefficient (Wildman–Crippen LogP) is 3.19. The number of benzene rings is 1. The molecule has 0 fully saturated rings. The minimum atomic E-state index is 0.518. The molecule has 4 nitrogen and oxygen atoms in total. The van der Waals surface area contributed by atoms with E-state index in [0.717, 1.165) is 22.7 Å². The first-order valence-electron chi connectivity index (χ1n) is 5.92. The summed E-state index contributed by atoms with van der Waals surface area (Å²) in [6, 6.07) is 7.62. The molecule has 19 heavy (non-hydrogen) atoms. The second kappa shape index (κ2) is 4.87. The van der Waals surface area contributed by atoms with E-state index in [2.05, 4.69) is 10.1 Å². The van der Waals surface area contributed by atoms with Gasteiger partial charge in [0.15, 0.2) is 5.82 Å². The molecular formula is C13H12Cl2N4. The van der Waals surface area contributed by atoms with Crippen molar-refractivity contribution in [3.05, 3.63) is 41.3 Å². The van der Waals surface area contributed by atoms with Gasteiger partial charge in [-0.1, -0.05) is 11.6 Å². The number of fused-ring (bicyclic) bond motifs is 1. The summed E-state index contributed by atoms with van der Waals surface area (Å²) >= 11 is 11.9. The Labute approximate surface area is 120 Å². The number of hydrogen-bond donors (Lipinski definition) is 0. The Hall–Kier alpha value is -1.52. The lowest BCUT2D eigenvalue weighted by molar-refractivity contribution is 0.746. The zero-order chi connectivity index (χ0) is 13.4. The summed E-state index contributed by atoms with van der Waals surface area (Å²) in [5, 5.41) is 5.11. The molecule has 0 atom stereocenters. The van der Waals surface area contributed by atoms with Crippen molar-refractivity contribution in [2.45, 2.75) is 6.42 Å². The van der Waals surface area contributed by atoms with Crippen LogP contribution in [0.3, 0.4) is 0 Å². The Morgan fingerprint density at radius 3 is 2.79 bits per heavy atom. The first-order valence-corrected chi connectivity index (χ1v) is 6.83. The zero-order valence-corrected chi connectivity index (χ0v) is 11.9. The second-order valence-corrected chi connectivity index (χ2v) is 5.10. The van der Waals surface area contributed by atoms with E-state index in [9.17, 15) is 0 Å². The van der Waals surface area contributed by atoms with E-state index in [1.165, 1.54) is 0 Å². The molecule has 0 spiro atoms. The van der Waals surface area contributed by atoms with Gasteiger partial charge >= 0.3 is 0 Å². The van der Waals surface area contributed by atoms with Crippen LogP contribution in [0.25, 0.3) is 16.9 Å². The highest BCUT2D eigenvalue weighted by atomic mass is 35.5.